The Hall–Kier alpha value is -1.16. The summed E-state index contributed by atoms with van der Waals surface area (Å²) in [7, 11) is 0. The molecule has 1 aromatic heterocycles. The molecule has 0 atom stereocenters. The Labute approximate surface area is 115 Å². The van der Waals surface area contributed by atoms with Gasteiger partial charge in [-0.25, -0.2) is 0 Å². The molecule has 0 aliphatic rings. The maximum Gasteiger partial charge on any atom is 0.139 e. The third-order valence-corrected chi connectivity index (χ3v) is 3.37. The molecular formula is C13H13Cl2NO2. The molecule has 0 saturated carbocycles. The van der Waals surface area contributed by atoms with Crippen LogP contribution in [0.2, 0.25) is 10.0 Å². The second kappa shape index (κ2) is 5.65. The molecule has 3 nitrogen and oxygen atoms in total. The number of aryl methyl sites for hydroxylation is 1. The van der Waals surface area contributed by atoms with Crippen molar-refractivity contribution in [3.8, 4) is 5.75 Å². The summed E-state index contributed by atoms with van der Waals surface area (Å²) in [5.74, 6) is 2.09. The van der Waals surface area contributed by atoms with Crippen molar-refractivity contribution < 1.29 is 9.15 Å². The van der Waals surface area contributed by atoms with E-state index in [-0.39, 0.29) is 0 Å². The van der Waals surface area contributed by atoms with Crippen LogP contribution < -0.4 is 10.5 Å². The third kappa shape index (κ3) is 2.80. The normalized spacial score (nSPS) is 10.7. The van der Waals surface area contributed by atoms with Crippen LogP contribution in [-0.2, 0) is 13.2 Å². The summed E-state index contributed by atoms with van der Waals surface area (Å²) in [5, 5.41) is 0.889. The summed E-state index contributed by atoms with van der Waals surface area (Å²) < 4.78 is 11.1. The number of nitrogens with two attached hydrogens (primary N) is 1. The molecule has 1 aromatic carbocycles. The van der Waals surface area contributed by atoms with E-state index in [0.717, 1.165) is 17.1 Å². The minimum atomic E-state index is 0.370. The van der Waals surface area contributed by atoms with Crippen LogP contribution >= 0.6 is 23.2 Å². The minimum absolute atomic E-state index is 0.370. The average Bonchev–Trinajstić information content (AvgIpc) is 2.72. The number of halogens is 2. The van der Waals surface area contributed by atoms with Gasteiger partial charge in [0.1, 0.15) is 28.9 Å². The van der Waals surface area contributed by atoms with Crippen LogP contribution in [0.1, 0.15) is 17.1 Å². The Bertz CT molecular complexity index is 552. The number of hydrogen-bond acceptors (Lipinski definition) is 3. The molecule has 0 aliphatic heterocycles. The van der Waals surface area contributed by atoms with Gasteiger partial charge in [-0.15, -0.1) is 0 Å². The highest BCUT2D eigenvalue weighted by atomic mass is 35.5. The van der Waals surface area contributed by atoms with Crippen molar-refractivity contribution in [2.24, 2.45) is 5.73 Å². The van der Waals surface area contributed by atoms with Gasteiger partial charge >= 0.3 is 0 Å². The predicted molar refractivity (Wildman–Crippen MR) is 72.1 cm³/mol. The number of benzene rings is 1. The Balaban J connectivity index is 2.11. The monoisotopic (exact) mass is 285 g/mol. The van der Waals surface area contributed by atoms with Crippen LogP contribution in [0.25, 0.3) is 0 Å². The van der Waals surface area contributed by atoms with Gasteiger partial charge in [-0.1, -0.05) is 29.3 Å². The zero-order chi connectivity index (χ0) is 13.1. The van der Waals surface area contributed by atoms with Gasteiger partial charge in [-0.2, -0.15) is 0 Å². The highest BCUT2D eigenvalue weighted by molar-refractivity contribution is 6.42. The molecule has 0 amide bonds. The van der Waals surface area contributed by atoms with Crippen LogP contribution in [0.4, 0.5) is 0 Å². The van der Waals surface area contributed by atoms with E-state index in [0.29, 0.717) is 28.9 Å². The lowest BCUT2D eigenvalue weighted by molar-refractivity contribution is 0.303. The maximum atomic E-state index is 6.03. The summed E-state index contributed by atoms with van der Waals surface area (Å²) in [4.78, 5) is 0. The van der Waals surface area contributed by atoms with Crippen molar-refractivity contribution in [1.29, 1.82) is 0 Å². The molecule has 2 rings (SSSR count). The van der Waals surface area contributed by atoms with Gasteiger partial charge in [-0.05, 0) is 25.1 Å². The fraction of sp³-hybridized carbons (Fsp3) is 0.231. The smallest absolute Gasteiger partial charge is 0.139 e. The summed E-state index contributed by atoms with van der Waals surface area (Å²) >= 11 is 11.9. The molecule has 18 heavy (non-hydrogen) atoms. The Morgan fingerprint density at radius 1 is 1.33 bits per heavy atom. The van der Waals surface area contributed by atoms with Crippen LogP contribution in [0.3, 0.4) is 0 Å². The molecule has 1 heterocycles. The van der Waals surface area contributed by atoms with E-state index in [2.05, 4.69) is 0 Å². The molecule has 0 spiro atoms. The van der Waals surface area contributed by atoms with Gasteiger partial charge in [0.2, 0.25) is 0 Å². The van der Waals surface area contributed by atoms with Crippen molar-refractivity contribution in [2.45, 2.75) is 20.1 Å². The summed E-state index contributed by atoms with van der Waals surface area (Å²) in [5.41, 5.74) is 6.46. The fourth-order valence-corrected chi connectivity index (χ4v) is 1.93. The predicted octanol–water partition coefficient (Wildman–Crippen LogP) is 3.93. The molecule has 2 aromatic rings. The molecule has 2 N–H and O–H groups in total. The molecule has 0 aliphatic carbocycles. The van der Waals surface area contributed by atoms with E-state index in [9.17, 15) is 0 Å². The number of hydrogen-bond donors (Lipinski definition) is 1. The van der Waals surface area contributed by atoms with E-state index in [1.165, 1.54) is 0 Å². The van der Waals surface area contributed by atoms with Gasteiger partial charge in [0.25, 0.3) is 0 Å². The van der Waals surface area contributed by atoms with Crippen LogP contribution in [0.5, 0.6) is 5.75 Å². The zero-order valence-electron chi connectivity index (χ0n) is 9.87. The molecule has 96 valence electrons. The quantitative estimate of drug-likeness (QED) is 0.926. The first-order chi connectivity index (χ1) is 8.61. The van der Waals surface area contributed by atoms with Crippen molar-refractivity contribution in [1.82, 2.24) is 0 Å². The number of rotatable bonds is 4. The van der Waals surface area contributed by atoms with Gasteiger partial charge < -0.3 is 14.9 Å². The summed E-state index contributed by atoms with van der Waals surface area (Å²) in [6, 6.07) is 7.16. The molecule has 0 saturated heterocycles. The standard InChI is InChI=1S/C13H13Cl2NO2/c1-8-9(5-10(6-16)18-8)7-17-12-4-2-3-11(14)13(12)15/h2-5H,6-7,16H2,1H3. The zero-order valence-corrected chi connectivity index (χ0v) is 11.4. The second-order valence-corrected chi connectivity index (χ2v) is 4.62. The topological polar surface area (TPSA) is 48.4 Å². The first-order valence-corrected chi connectivity index (χ1v) is 6.22. The Kier molecular flexibility index (Phi) is 4.17. The number of furan rings is 1. The first-order valence-electron chi connectivity index (χ1n) is 5.47. The van der Waals surface area contributed by atoms with Gasteiger partial charge in [0.05, 0.1) is 11.6 Å². The SMILES string of the molecule is Cc1oc(CN)cc1COc1cccc(Cl)c1Cl. The minimum Gasteiger partial charge on any atom is -0.487 e. The molecule has 0 bridgehead atoms. The number of ether oxygens (including phenoxy) is 1. The van der Waals surface area contributed by atoms with E-state index in [4.69, 9.17) is 38.1 Å². The lowest BCUT2D eigenvalue weighted by Gasteiger charge is -2.07. The second-order valence-electron chi connectivity index (χ2n) is 3.84. The Morgan fingerprint density at radius 2 is 2.11 bits per heavy atom. The molecule has 5 heteroatoms. The average molecular weight is 286 g/mol. The molecule has 0 unspecified atom stereocenters. The van der Waals surface area contributed by atoms with Crippen molar-refractivity contribution in [2.75, 3.05) is 0 Å². The van der Waals surface area contributed by atoms with Crippen molar-refractivity contribution in [3.05, 3.63) is 51.4 Å². The van der Waals surface area contributed by atoms with E-state index < -0.39 is 0 Å². The van der Waals surface area contributed by atoms with Crippen LogP contribution in [0, 0.1) is 6.92 Å². The lowest BCUT2D eigenvalue weighted by atomic mass is 10.2. The maximum absolute atomic E-state index is 6.03. The Morgan fingerprint density at radius 3 is 2.78 bits per heavy atom. The summed E-state index contributed by atoms with van der Waals surface area (Å²) in [6.45, 7) is 2.62. The van der Waals surface area contributed by atoms with E-state index in [1.807, 2.05) is 13.0 Å². The van der Waals surface area contributed by atoms with Crippen LogP contribution in [0.15, 0.2) is 28.7 Å². The van der Waals surface area contributed by atoms with E-state index in [1.54, 1.807) is 18.2 Å². The highest BCUT2D eigenvalue weighted by Crippen LogP contribution is 2.32. The van der Waals surface area contributed by atoms with E-state index >= 15 is 0 Å². The third-order valence-electron chi connectivity index (χ3n) is 2.57. The molecule has 0 radical (unpaired) electrons. The summed E-state index contributed by atoms with van der Waals surface area (Å²) in [6.07, 6.45) is 0. The van der Waals surface area contributed by atoms with Gasteiger partial charge in [0, 0.05) is 5.56 Å². The first kappa shape index (κ1) is 13.3. The van der Waals surface area contributed by atoms with Gasteiger partial charge in [0.15, 0.2) is 0 Å². The fourth-order valence-electron chi connectivity index (χ4n) is 1.58. The van der Waals surface area contributed by atoms with Crippen molar-refractivity contribution >= 4 is 23.2 Å². The van der Waals surface area contributed by atoms with Crippen molar-refractivity contribution in [3.63, 3.8) is 0 Å². The largest absolute Gasteiger partial charge is 0.487 e. The highest BCUT2D eigenvalue weighted by Gasteiger charge is 2.09. The molecule has 0 fully saturated rings. The van der Waals surface area contributed by atoms with Crippen LogP contribution in [-0.4, -0.2) is 0 Å². The lowest BCUT2D eigenvalue weighted by Crippen LogP contribution is -1.96. The molecular weight excluding hydrogens is 273 g/mol. The van der Waals surface area contributed by atoms with Gasteiger partial charge in [-0.3, -0.25) is 0 Å².